The second-order valence-corrected chi connectivity index (χ2v) is 10.0. The number of amides is 3. The fraction of sp³-hybridized carbons (Fsp3) is 0.364. The highest BCUT2D eigenvalue weighted by molar-refractivity contribution is 8.00. The number of nitrogens with zero attached hydrogens (tertiary/aromatic N) is 2. The van der Waals surface area contributed by atoms with Gasteiger partial charge < -0.3 is 15.5 Å². The summed E-state index contributed by atoms with van der Waals surface area (Å²) >= 11 is 2.96. The first-order chi connectivity index (χ1) is 15.5. The zero-order valence-electron chi connectivity index (χ0n) is 17.5. The summed E-state index contributed by atoms with van der Waals surface area (Å²) in [7, 11) is 0. The van der Waals surface area contributed by atoms with Crippen molar-refractivity contribution in [3.8, 4) is 0 Å². The Hall–Kier alpha value is -2.85. The molecule has 8 nitrogen and oxygen atoms in total. The quantitative estimate of drug-likeness (QED) is 0.384. The molecule has 0 spiro atoms. The third-order valence-corrected chi connectivity index (χ3v) is 7.38. The van der Waals surface area contributed by atoms with Crippen LogP contribution in [0.1, 0.15) is 54.1 Å². The lowest BCUT2D eigenvalue weighted by Gasteiger charge is -2.19. The van der Waals surface area contributed by atoms with Crippen LogP contribution in [0.3, 0.4) is 0 Å². The molecule has 1 fully saturated rings. The predicted octanol–water partition coefficient (Wildman–Crippen LogP) is 5.29. The first-order valence-electron chi connectivity index (χ1n) is 10.6. The molecule has 3 aromatic rings. The molecular weight excluding hydrogens is 446 g/mol. The average molecular weight is 472 g/mol. The summed E-state index contributed by atoms with van der Waals surface area (Å²) in [4.78, 5) is 31.9. The van der Waals surface area contributed by atoms with E-state index < -0.39 is 11.9 Å². The van der Waals surface area contributed by atoms with Crippen molar-refractivity contribution >= 4 is 45.9 Å². The number of hydrogen-bond donors (Lipinski definition) is 3. The van der Waals surface area contributed by atoms with Gasteiger partial charge in [-0.1, -0.05) is 43.4 Å². The van der Waals surface area contributed by atoms with Crippen molar-refractivity contribution in [2.45, 2.75) is 48.5 Å². The molecule has 3 amide bonds. The minimum absolute atomic E-state index is 0.379. The van der Waals surface area contributed by atoms with Crippen LogP contribution < -0.4 is 16.4 Å². The van der Waals surface area contributed by atoms with Gasteiger partial charge >= 0.3 is 6.03 Å². The summed E-state index contributed by atoms with van der Waals surface area (Å²) in [5, 5.41) is 5.89. The number of thioether (sulfide) groups is 1. The van der Waals surface area contributed by atoms with E-state index in [1.165, 1.54) is 43.4 Å². The molecule has 1 aliphatic carbocycles. The maximum atomic E-state index is 12.2. The number of carbonyl (C=O) groups excluding carboxylic acids is 2. The van der Waals surface area contributed by atoms with Gasteiger partial charge in [0.2, 0.25) is 11.8 Å². The van der Waals surface area contributed by atoms with Crippen LogP contribution >= 0.6 is 23.1 Å². The SMILES string of the molecule is NC(=O)c1ccc(NC(=O)Nc2ncc(SCc3ncc(CC4CCCCC4)o3)s2)cc1. The third-order valence-electron chi connectivity index (χ3n) is 5.29. The molecule has 2 heterocycles. The van der Waals surface area contributed by atoms with Crippen LogP contribution in [0.25, 0.3) is 0 Å². The number of carbonyl (C=O) groups is 2. The number of nitrogens with two attached hydrogens (primary N) is 1. The van der Waals surface area contributed by atoms with Crippen LogP contribution in [-0.4, -0.2) is 21.9 Å². The maximum Gasteiger partial charge on any atom is 0.325 e. The molecule has 0 unspecified atom stereocenters. The van der Waals surface area contributed by atoms with Gasteiger partial charge in [-0.15, -0.1) is 11.8 Å². The van der Waals surface area contributed by atoms with Gasteiger partial charge in [-0.3, -0.25) is 10.1 Å². The Bertz CT molecular complexity index is 1060. The van der Waals surface area contributed by atoms with Crippen LogP contribution in [0.15, 0.2) is 45.3 Å². The van der Waals surface area contributed by atoms with Crippen LogP contribution in [0.5, 0.6) is 0 Å². The summed E-state index contributed by atoms with van der Waals surface area (Å²) < 4.78 is 6.87. The smallest absolute Gasteiger partial charge is 0.325 e. The number of hydrogen-bond acceptors (Lipinski definition) is 7. The lowest BCUT2D eigenvalue weighted by atomic mass is 9.86. The largest absolute Gasteiger partial charge is 0.445 e. The molecule has 0 aliphatic heterocycles. The molecule has 4 rings (SSSR count). The van der Waals surface area contributed by atoms with Gasteiger partial charge in [0.15, 0.2) is 5.13 Å². The lowest BCUT2D eigenvalue weighted by Crippen LogP contribution is -2.19. The number of primary amides is 1. The monoisotopic (exact) mass is 471 g/mol. The van der Waals surface area contributed by atoms with Gasteiger partial charge in [0, 0.05) is 17.7 Å². The van der Waals surface area contributed by atoms with Gasteiger partial charge in [-0.2, -0.15) is 0 Å². The number of rotatable bonds is 8. The van der Waals surface area contributed by atoms with E-state index in [-0.39, 0.29) is 0 Å². The first-order valence-corrected chi connectivity index (χ1v) is 12.4. The Labute approximate surface area is 194 Å². The first kappa shape index (κ1) is 22.3. The highest BCUT2D eigenvalue weighted by Gasteiger charge is 2.16. The van der Waals surface area contributed by atoms with Gasteiger partial charge in [-0.05, 0) is 30.2 Å². The topological polar surface area (TPSA) is 123 Å². The van der Waals surface area contributed by atoms with E-state index in [2.05, 4.69) is 20.6 Å². The molecule has 4 N–H and O–H groups in total. The summed E-state index contributed by atoms with van der Waals surface area (Å²) in [6, 6.07) is 5.92. The van der Waals surface area contributed by atoms with Crippen LogP contribution in [0, 0.1) is 5.92 Å². The maximum absolute atomic E-state index is 12.2. The molecule has 1 saturated carbocycles. The third kappa shape index (κ3) is 6.33. The second kappa shape index (κ2) is 10.6. The number of thiazole rings is 1. The van der Waals surface area contributed by atoms with Crippen molar-refractivity contribution in [3.63, 3.8) is 0 Å². The van der Waals surface area contributed by atoms with E-state index in [4.69, 9.17) is 10.2 Å². The highest BCUT2D eigenvalue weighted by Crippen LogP contribution is 2.31. The Morgan fingerprint density at radius 3 is 2.62 bits per heavy atom. The van der Waals surface area contributed by atoms with Gasteiger partial charge in [0.05, 0.1) is 22.4 Å². The van der Waals surface area contributed by atoms with Crippen molar-refractivity contribution in [1.29, 1.82) is 0 Å². The highest BCUT2D eigenvalue weighted by atomic mass is 32.2. The molecule has 10 heteroatoms. The summed E-state index contributed by atoms with van der Waals surface area (Å²) in [5.74, 6) is 2.50. The van der Waals surface area contributed by atoms with Crippen molar-refractivity contribution in [3.05, 3.63) is 53.9 Å². The Morgan fingerprint density at radius 2 is 1.88 bits per heavy atom. The normalized spacial score (nSPS) is 14.2. The second-order valence-electron chi connectivity index (χ2n) is 7.72. The van der Waals surface area contributed by atoms with E-state index in [1.54, 1.807) is 42.2 Å². The minimum Gasteiger partial charge on any atom is -0.445 e. The van der Waals surface area contributed by atoms with Crippen molar-refractivity contribution in [1.82, 2.24) is 9.97 Å². The summed E-state index contributed by atoms with van der Waals surface area (Å²) in [5.41, 5.74) is 6.14. The van der Waals surface area contributed by atoms with E-state index in [0.717, 1.165) is 22.3 Å². The standard InChI is InChI=1S/C22H25N5O3S2/c23-20(28)15-6-8-16(9-7-15)26-21(29)27-22-25-12-19(32-22)31-13-18-24-11-17(30-18)10-14-4-2-1-3-5-14/h6-9,11-12,14H,1-5,10,13H2,(H2,23,28)(H2,25,26,27,29). The minimum atomic E-state index is -0.515. The number of nitrogens with one attached hydrogen (secondary N) is 2. The molecule has 0 bridgehead atoms. The molecule has 1 aromatic carbocycles. The van der Waals surface area contributed by atoms with Crippen molar-refractivity contribution in [2.75, 3.05) is 10.6 Å². The number of aromatic nitrogens is 2. The fourth-order valence-electron chi connectivity index (χ4n) is 3.68. The van der Waals surface area contributed by atoms with Crippen LogP contribution in [-0.2, 0) is 12.2 Å². The van der Waals surface area contributed by atoms with Gasteiger partial charge in [0.1, 0.15) is 5.76 Å². The van der Waals surface area contributed by atoms with Gasteiger partial charge in [-0.25, -0.2) is 14.8 Å². The van der Waals surface area contributed by atoms with E-state index in [1.807, 2.05) is 6.20 Å². The van der Waals surface area contributed by atoms with Gasteiger partial charge in [0.25, 0.3) is 0 Å². The Morgan fingerprint density at radius 1 is 1.09 bits per heavy atom. The molecule has 0 saturated heterocycles. The molecule has 0 radical (unpaired) electrons. The Balaban J connectivity index is 1.23. The van der Waals surface area contributed by atoms with E-state index in [9.17, 15) is 9.59 Å². The molecule has 168 valence electrons. The molecule has 1 aliphatic rings. The summed E-state index contributed by atoms with van der Waals surface area (Å²) in [6.45, 7) is 0. The zero-order chi connectivity index (χ0) is 22.3. The van der Waals surface area contributed by atoms with Crippen molar-refractivity contribution in [2.24, 2.45) is 11.7 Å². The predicted molar refractivity (Wildman–Crippen MR) is 126 cm³/mol. The molecule has 32 heavy (non-hydrogen) atoms. The Kier molecular flexibility index (Phi) is 7.43. The van der Waals surface area contributed by atoms with Crippen LogP contribution in [0.2, 0.25) is 0 Å². The molecular formula is C22H25N5O3S2. The molecule has 2 aromatic heterocycles. The zero-order valence-corrected chi connectivity index (χ0v) is 19.1. The van der Waals surface area contributed by atoms with Crippen molar-refractivity contribution < 1.29 is 14.0 Å². The van der Waals surface area contributed by atoms with E-state index >= 15 is 0 Å². The fourth-order valence-corrected chi connectivity index (χ4v) is 5.40. The lowest BCUT2D eigenvalue weighted by molar-refractivity contribution is 0.100. The molecule has 0 atom stereocenters. The number of oxazole rings is 1. The number of urea groups is 1. The average Bonchev–Trinajstić information content (AvgIpc) is 3.42. The van der Waals surface area contributed by atoms with E-state index in [0.29, 0.717) is 28.0 Å². The van der Waals surface area contributed by atoms with Crippen LogP contribution in [0.4, 0.5) is 15.6 Å². The number of benzene rings is 1. The number of anilines is 2. The summed E-state index contributed by atoms with van der Waals surface area (Å²) in [6.07, 6.45) is 11.1.